The molecule has 2 aliphatic rings. The van der Waals surface area contributed by atoms with Crippen molar-refractivity contribution in [3.63, 3.8) is 0 Å². The third kappa shape index (κ3) is 4.64. The van der Waals surface area contributed by atoms with Crippen LogP contribution in [0, 0.1) is 11.8 Å². The zero-order chi connectivity index (χ0) is 29.5. The molecule has 1 unspecified atom stereocenters. The SMILES string of the molecule is CC(NC(=O)c1c(N)nn2c1NCC=C2)c1cc2cccc(C#Cc3cnc4n3CCNC4)c2c(=O)n1-c1ccccc1. The molecule has 1 atom stereocenters. The lowest BCUT2D eigenvalue weighted by atomic mass is 10.0. The molecule has 0 saturated carbocycles. The Morgan fingerprint density at radius 2 is 2.00 bits per heavy atom. The number of nitrogens with zero attached hydrogens (tertiary/aromatic N) is 5. The van der Waals surface area contributed by atoms with Crippen molar-refractivity contribution in [2.45, 2.75) is 26.1 Å². The smallest absolute Gasteiger partial charge is 0.264 e. The summed E-state index contributed by atoms with van der Waals surface area (Å²) in [5, 5.41) is 15.0. The Morgan fingerprint density at radius 1 is 1.14 bits per heavy atom. The minimum Gasteiger partial charge on any atom is -0.381 e. The number of nitrogen functional groups attached to an aromatic ring is 1. The van der Waals surface area contributed by atoms with Crippen LogP contribution in [0.3, 0.4) is 0 Å². The molecule has 0 saturated heterocycles. The van der Waals surface area contributed by atoms with Crippen LogP contribution >= 0.6 is 0 Å². The van der Waals surface area contributed by atoms with Gasteiger partial charge in [-0.25, -0.2) is 9.67 Å². The molecule has 3 aromatic heterocycles. The fourth-order valence-corrected chi connectivity index (χ4v) is 5.68. The lowest BCUT2D eigenvalue weighted by Crippen LogP contribution is -2.33. The van der Waals surface area contributed by atoms with Crippen molar-refractivity contribution in [1.82, 2.24) is 34.5 Å². The topological polar surface area (TPSA) is 137 Å². The van der Waals surface area contributed by atoms with Crippen LogP contribution in [0.1, 0.15) is 46.1 Å². The van der Waals surface area contributed by atoms with E-state index in [4.69, 9.17) is 5.73 Å². The number of benzene rings is 2. The van der Waals surface area contributed by atoms with E-state index in [1.807, 2.05) is 67.6 Å². The van der Waals surface area contributed by atoms with Gasteiger partial charge in [0.2, 0.25) is 0 Å². The second-order valence-corrected chi connectivity index (χ2v) is 10.5. The number of para-hydroxylation sites is 1. The number of pyridine rings is 1. The van der Waals surface area contributed by atoms with E-state index in [0.717, 1.165) is 30.0 Å². The predicted molar refractivity (Wildman–Crippen MR) is 166 cm³/mol. The normalized spacial score (nSPS) is 14.3. The molecule has 43 heavy (non-hydrogen) atoms. The third-order valence-corrected chi connectivity index (χ3v) is 7.74. The summed E-state index contributed by atoms with van der Waals surface area (Å²) in [4.78, 5) is 32.3. The molecule has 11 heteroatoms. The van der Waals surface area contributed by atoms with E-state index >= 15 is 0 Å². The average Bonchev–Trinajstić information content (AvgIpc) is 3.60. The summed E-state index contributed by atoms with van der Waals surface area (Å²) in [7, 11) is 0. The maximum Gasteiger partial charge on any atom is 0.264 e. The van der Waals surface area contributed by atoms with E-state index in [1.54, 1.807) is 21.6 Å². The molecule has 0 bridgehead atoms. The Kier molecular flexibility index (Phi) is 6.52. The fraction of sp³-hybridized carbons (Fsp3) is 0.188. The number of aromatic nitrogens is 5. The molecule has 7 rings (SSSR count). The number of nitrogens with two attached hydrogens (primary N) is 1. The van der Waals surface area contributed by atoms with Crippen molar-refractivity contribution in [3.05, 3.63) is 106 Å². The van der Waals surface area contributed by atoms with E-state index in [-0.39, 0.29) is 22.8 Å². The van der Waals surface area contributed by atoms with Crippen LogP contribution in [0.4, 0.5) is 11.6 Å². The highest BCUT2D eigenvalue weighted by Crippen LogP contribution is 2.27. The molecule has 5 aromatic rings. The molecule has 1 amide bonds. The first-order valence-corrected chi connectivity index (χ1v) is 14.1. The first kappa shape index (κ1) is 26.3. The number of hydrogen-bond acceptors (Lipinski definition) is 7. The molecular weight excluding hydrogens is 542 g/mol. The van der Waals surface area contributed by atoms with Gasteiger partial charge in [-0.15, -0.1) is 5.10 Å². The zero-order valence-electron chi connectivity index (χ0n) is 23.5. The largest absolute Gasteiger partial charge is 0.381 e. The van der Waals surface area contributed by atoms with Crippen molar-refractivity contribution in [1.29, 1.82) is 0 Å². The summed E-state index contributed by atoms with van der Waals surface area (Å²) in [5.41, 5.74) is 8.91. The minimum absolute atomic E-state index is 0.122. The van der Waals surface area contributed by atoms with Crippen molar-refractivity contribution in [2.75, 3.05) is 24.1 Å². The molecule has 5 N–H and O–H groups in total. The number of amides is 1. The van der Waals surface area contributed by atoms with Crippen LogP contribution in [-0.4, -0.2) is 42.9 Å². The molecule has 5 heterocycles. The summed E-state index contributed by atoms with van der Waals surface area (Å²) in [6.45, 7) is 4.77. The zero-order valence-corrected chi connectivity index (χ0v) is 23.5. The average molecular weight is 572 g/mol. The van der Waals surface area contributed by atoms with Crippen molar-refractivity contribution < 1.29 is 4.79 Å². The van der Waals surface area contributed by atoms with E-state index in [2.05, 4.69) is 42.4 Å². The van der Waals surface area contributed by atoms with Gasteiger partial charge in [0.05, 0.1) is 24.2 Å². The second kappa shape index (κ2) is 10.7. The number of fused-ring (bicyclic) bond motifs is 3. The quantitative estimate of drug-likeness (QED) is 0.244. The third-order valence-electron chi connectivity index (χ3n) is 7.74. The van der Waals surface area contributed by atoms with Gasteiger partial charge in [0.15, 0.2) is 5.82 Å². The van der Waals surface area contributed by atoms with Crippen molar-refractivity contribution >= 4 is 34.5 Å². The van der Waals surface area contributed by atoms with E-state index < -0.39 is 6.04 Å². The Morgan fingerprint density at radius 3 is 2.86 bits per heavy atom. The van der Waals surface area contributed by atoms with Gasteiger partial charge in [0.1, 0.15) is 22.9 Å². The lowest BCUT2D eigenvalue weighted by Gasteiger charge is -2.21. The van der Waals surface area contributed by atoms with Gasteiger partial charge >= 0.3 is 0 Å². The Bertz CT molecular complexity index is 2040. The number of carbonyl (C=O) groups is 1. The van der Waals surface area contributed by atoms with Crippen LogP contribution in [0.15, 0.2) is 71.7 Å². The van der Waals surface area contributed by atoms with Gasteiger partial charge in [-0.05, 0) is 48.6 Å². The fourth-order valence-electron chi connectivity index (χ4n) is 5.68. The van der Waals surface area contributed by atoms with Gasteiger partial charge in [0.25, 0.3) is 11.5 Å². The standard InChI is InChI=1S/C32H29N9O2/c1-20(37-31(42)28-29(33)38-40-15-6-13-35-30(28)40)25-17-22-8-5-7-21(11-12-24-18-36-26-19-34-14-16-39(24)26)27(22)32(43)41(25)23-9-3-2-4-10-23/h2-10,15,17-18,20,34-35H,13-14,16,19H2,1H3,(H2,33,38)(H,37,42). The number of nitrogens with one attached hydrogen (secondary N) is 3. The summed E-state index contributed by atoms with van der Waals surface area (Å²) < 4.78 is 5.30. The number of anilines is 2. The van der Waals surface area contributed by atoms with E-state index in [0.29, 0.717) is 41.2 Å². The van der Waals surface area contributed by atoms with Crippen LogP contribution in [0.5, 0.6) is 0 Å². The number of rotatable bonds is 4. The highest BCUT2D eigenvalue weighted by atomic mass is 16.2. The summed E-state index contributed by atoms with van der Waals surface area (Å²) >= 11 is 0. The van der Waals surface area contributed by atoms with Gasteiger partial charge in [-0.1, -0.05) is 36.3 Å². The van der Waals surface area contributed by atoms with Gasteiger partial charge in [-0.2, -0.15) is 0 Å². The lowest BCUT2D eigenvalue weighted by molar-refractivity contribution is 0.0940. The van der Waals surface area contributed by atoms with Crippen LogP contribution < -0.4 is 27.2 Å². The van der Waals surface area contributed by atoms with E-state index in [1.165, 1.54) is 0 Å². The molecule has 0 fully saturated rings. The predicted octanol–water partition coefficient (Wildman–Crippen LogP) is 2.86. The first-order chi connectivity index (χ1) is 21.0. The molecule has 214 valence electrons. The molecule has 2 aliphatic heterocycles. The maximum absolute atomic E-state index is 14.3. The molecule has 2 aromatic carbocycles. The molecular formula is C32H29N9O2. The first-order valence-electron chi connectivity index (χ1n) is 14.1. The summed E-state index contributed by atoms with van der Waals surface area (Å²) in [5.74, 6) is 7.70. The van der Waals surface area contributed by atoms with Crippen LogP contribution in [0.25, 0.3) is 22.7 Å². The Labute approximate surface area is 247 Å². The van der Waals surface area contributed by atoms with E-state index in [9.17, 15) is 9.59 Å². The molecule has 0 spiro atoms. The van der Waals surface area contributed by atoms with Gasteiger partial charge < -0.3 is 26.3 Å². The van der Waals surface area contributed by atoms with Crippen molar-refractivity contribution in [3.8, 4) is 17.5 Å². The number of carbonyl (C=O) groups excluding carboxylic acids is 1. The van der Waals surface area contributed by atoms with Crippen LogP contribution in [0.2, 0.25) is 0 Å². The molecule has 0 radical (unpaired) electrons. The van der Waals surface area contributed by atoms with Crippen molar-refractivity contribution in [2.24, 2.45) is 0 Å². The maximum atomic E-state index is 14.3. The monoisotopic (exact) mass is 571 g/mol. The highest BCUT2D eigenvalue weighted by Gasteiger charge is 2.26. The Hall–Kier alpha value is -5.60. The van der Waals surface area contributed by atoms with Gasteiger partial charge in [-0.3, -0.25) is 14.2 Å². The molecule has 11 nitrogen and oxygen atoms in total. The summed E-state index contributed by atoms with van der Waals surface area (Å²) in [6, 6.07) is 16.4. The highest BCUT2D eigenvalue weighted by molar-refractivity contribution is 6.04. The molecule has 0 aliphatic carbocycles. The summed E-state index contributed by atoms with van der Waals surface area (Å²) in [6.07, 6.45) is 5.43. The number of hydrogen-bond donors (Lipinski definition) is 4. The minimum atomic E-state index is -0.555. The van der Waals surface area contributed by atoms with Crippen LogP contribution in [-0.2, 0) is 13.1 Å². The number of imidazole rings is 1. The second-order valence-electron chi connectivity index (χ2n) is 10.5. The Balaban J connectivity index is 1.32. The van der Waals surface area contributed by atoms with Gasteiger partial charge in [0, 0.05) is 42.8 Å².